The van der Waals surface area contributed by atoms with Gasteiger partial charge >= 0.3 is 6.03 Å². The first kappa shape index (κ1) is 26.4. The zero-order valence-corrected chi connectivity index (χ0v) is 22.0. The molecule has 0 radical (unpaired) electrons. The number of nitrogens with zero attached hydrogens (tertiary/aromatic N) is 4. The van der Waals surface area contributed by atoms with Crippen molar-refractivity contribution < 1.29 is 23.5 Å². The first-order valence-electron chi connectivity index (χ1n) is 10.4. The lowest BCUT2D eigenvalue weighted by Gasteiger charge is -2.01. The maximum Gasteiger partial charge on any atom is 0.355 e. The van der Waals surface area contributed by atoms with Crippen molar-refractivity contribution in [2.24, 2.45) is 10.2 Å². The van der Waals surface area contributed by atoms with Crippen molar-refractivity contribution in [1.29, 1.82) is 0 Å². The zero-order chi connectivity index (χ0) is 27.2. The number of non-ortho nitro benzene ring substituents is 2. The van der Waals surface area contributed by atoms with Crippen LogP contribution in [0.25, 0.3) is 22.6 Å². The van der Waals surface area contributed by atoms with Gasteiger partial charge in [0.15, 0.2) is 0 Å². The van der Waals surface area contributed by atoms with Crippen LogP contribution in [0.1, 0.15) is 11.5 Å². The standard InChI is InChI=1S/C23H14Br2N6O7/c24-19-5-1-13(30(33)34)9-17(19)21-7-3-15(37-21)11-26-28-23(32)29-27-12-16-4-8-22(38-16)18-10-14(31(35)36)2-6-20(18)25/h1-12H,(H2,28,29,32). The minimum absolute atomic E-state index is 0.0867. The number of hydrogen-bond donors (Lipinski definition) is 2. The van der Waals surface area contributed by atoms with Crippen molar-refractivity contribution >= 4 is 61.7 Å². The molecule has 4 aromatic rings. The molecule has 15 heteroatoms. The number of furan rings is 2. The number of hydrogen-bond acceptors (Lipinski definition) is 9. The summed E-state index contributed by atoms with van der Waals surface area (Å²) >= 11 is 6.67. The molecule has 13 nitrogen and oxygen atoms in total. The molecule has 0 fully saturated rings. The summed E-state index contributed by atoms with van der Waals surface area (Å²) in [5.74, 6) is 1.31. The topological polar surface area (TPSA) is 178 Å². The summed E-state index contributed by atoms with van der Waals surface area (Å²) in [5.41, 5.74) is 5.20. The Bertz CT molecular complexity index is 1480. The Kier molecular flexibility index (Phi) is 8.08. The Balaban J connectivity index is 1.33. The third kappa shape index (κ3) is 6.37. The summed E-state index contributed by atoms with van der Waals surface area (Å²) in [5, 5.41) is 29.6. The lowest BCUT2D eigenvalue weighted by atomic mass is 10.1. The molecule has 0 saturated carbocycles. The van der Waals surface area contributed by atoms with Crippen molar-refractivity contribution in [3.05, 3.63) is 101 Å². The van der Waals surface area contributed by atoms with Crippen LogP contribution in [0.15, 0.2) is 88.6 Å². The summed E-state index contributed by atoms with van der Waals surface area (Å²) in [6, 6.07) is 14.2. The van der Waals surface area contributed by atoms with E-state index in [1.165, 1.54) is 36.7 Å². The Morgan fingerprint density at radius 3 is 1.55 bits per heavy atom. The van der Waals surface area contributed by atoms with Gasteiger partial charge in [0, 0.05) is 44.3 Å². The second-order valence-corrected chi connectivity index (χ2v) is 9.02. The lowest BCUT2D eigenvalue weighted by Crippen LogP contribution is -2.28. The fourth-order valence-corrected chi connectivity index (χ4v) is 3.98. The quantitative estimate of drug-likeness (QED) is 0.130. The lowest BCUT2D eigenvalue weighted by molar-refractivity contribution is -0.385. The van der Waals surface area contributed by atoms with Crippen LogP contribution in [-0.2, 0) is 0 Å². The van der Waals surface area contributed by atoms with Crippen LogP contribution in [0.3, 0.4) is 0 Å². The van der Waals surface area contributed by atoms with E-state index >= 15 is 0 Å². The molecule has 0 spiro atoms. The summed E-state index contributed by atoms with van der Waals surface area (Å²) in [7, 11) is 0. The van der Waals surface area contributed by atoms with Gasteiger partial charge in [0.2, 0.25) is 0 Å². The van der Waals surface area contributed by atoms with Crippen LogP contribution in [0.2, 0.25) is 0 Å². The van der Waals surface area contributed by atoms with Crippen LogP contribution >= 0.6 is 31.9 Å². The van der Waals surface area contributed by atoms with Crippen molar-refractivity contribution in [3.8, 4) is 22.6 Å². The first-order chi connectivity index (χ1) is 18.2. The zero-order valence-electron chi connectivity index (χ0n) is 18.8. The highest BCUT2D eigenvalue weighted by molar-refractivity contribution is 9.11. The fraction of sp³-hybridized carbons (Fsp3) is 0. The molecular weight excluding hydrogens is 632 g/mol. The molecule has 2 N–H and O–H groups in total. The van der Waals surface area contributed by atoms with Gasteiger partial charge in [0.05, 0.1) is 22.3 Å². The maximum absolute atomic E-state index is 11.9. The van der Waals surface area contributed by atoms with Crippen LogP contribution in [-0.4, -0.2) is 28.3 Å². The minimum atomic E-state index is -0.751. The fourth-order valence-electron chi connectivity index (χ4n) is 3.10. The molecule has 4 rings (SSSR count). The van der Waals surface area contributed by atoms with Crippen LogP contribution in [0, 0.1) is 20.2 Å². The summed E-state index contributed by atoms with van der Waals surface area (Å²) in [4.78, 5) is 32.9. The molecule has 2 aromatic carbocycles. The predicted molar refractivity (Wildman–Crippen MR) is 144 cm³/mol. The van der Waals surface area contributed by atoms with Gasteiger partial charge < -0.3 is 8.83 Å². The molecular formula is C23H14Br2N6O7. The van der Waals surface area contributed by atoms with Gasteiger partial charge in [-0.25, -0.2) is 15.6 Å². The van der Waals surface area contributed by atoms with Gasteiger partial charge in [0.25, 0.3) is 11.4 Å². The third-order valence-corrected chi connectivity index (χ3v) is 6.20. The summed E-state index contributed by atoms with van der Waals surface area (Å²) in [6.45, 7) is 0. The number of nitrogens with one attached hydrogen (secondary N) is 2. The predicted octanol–water partition coefficient (Wildman–Crippen LogP) is 6.22. The van der Waals surface area contributed by atoms with E-state index in [-0.39, 0.29) is 22.9 Å². The van der Waals surface area contributed by atoms with E-state index in [0.29, 0.717) is 31.6 Å². The Labute approximate surface area is 229 Å². The highest BCUT2D eigenvalue weighted by Gasteiger charge is 2.15. The monoisotopic (exact) mass is 644 g/mol. The van der Waals surface area contributed by atoms with E-state index in [1.807, 2.05) is 0 Å². The Morgan fingerprint density at radius 2 is 1.16 bits per heavy atom. The normalized spacial score (nSPS) is 11.2. The van der Waals surface area contributed by atoms with Crippen LogP contribution in [0.4, 0.5) is 16.2 Å². The van der Waals surface area contributed by atoms with Crippen molar-refractivity contribution in [2.75, 3.05) is 0 Å². The average molecular weight is 646 g/mol. The second-order valence-electron chi connectivity index (χ2n) is 7.32. The molecule has 0 aliphatic rings. The number of carbonyl (C=O) groups excluding carboxylic acids is 1. The smallest absolute Gasteiger partial charge is 0.355 e. The number of halogens is 2. The Hall–Kier alpha value is -4.63. The average Bonchev–Trinajstić information content (AvgIpc) is 3.54. The number of benzene rings is 2. The highest BCUT2D eigenvalue weighted by Crippen LogP contribution is 2.33. The van der Waals surface area contributed by atoms with Crippen LogP contribution < -0.4 is 10.9 Å². The van der Waals surface area contributed by atoms with Gasteiger partial charge in [-0.3, -0.25) is 20.2 Å². The number of nitro groups is 2. The molecule has 0 bridgehead atoms. The van der Waals surface area contributed by atoms with E-state index in [1.54, 1.807) is 36.4 Å². The number of urea groups is 1. The highest BCUT2D eigenvalue weighted by atomic mass is 79.9. The molecule has 0 saturated heterocycles. The van der Waals surface area contributed by atoms with Crippen molar-refractivity contribution in [2.45, 2.75) is 0 Å². The van der Waals surface area contributed by atoms with E-state index in [0.717, 1.165) is 0 Å². The number of hydrazone groups is 2. The first-order valence-corrected chi connectivity index (χ1v) is 12.0. The maximum atomic E-state index is 11.9. The number of nitro benzene ring substituents is 2. The number of carbonyl (C=O) groups is 1. The molecule has 38 heavy (non-hydrogen) atoms. The SMILES string of the molecule is O=C(NN=Cc1ccc(-c2cc([N+](=O)[O-])ccc2Br)o1)NN=Cc1ccc(-c2cc([N+](=O)[O-])ccc2Br)o1. The molecule has 2 heterocycles. The molecule has 2 amide bonds. The van der Waals surface area contributed by atoms with E-state index < -0.39 is 15.9 Å². The second kappa shape index (κ2) is 11.6. The van der Waals surface area contributed by atoms with Gasteiger partial charge in [0.1, 0.15) is 23.0 Å². The van der Waals surface area contributed by atoms with Gasteiger partial charge in [-0.1, -0.05) is 31.9 Å². The van der Waals surface area contributed by atoms with E-state index in [4.69, 9.17) is 8.83 Å². The van der Waals surface area contributed by atoms with Gasteiger partial charge in [-0.2, -0.15) is 10.2 Å². The van der Waals surface area contributed by atoms with Crippen molar-refractivity contribution in [3.63, 3.8) is 0 Å². The van der Waals surface area contributed by atoms with E-state index in [9.17, 15) is 25.0 Å². The molecule has 2 aromatic heterocycles. The van der Waals surface area contributed by atoms with Gasteiger partial charge in [-0.05, 0) is 36.4 Å². The summed E-state index contributed by atoms with van der Waals surface area (Å²) in [6.07, 6.45) is 2.49. The molecule has 0 unspecified atom stereocenters. The Morgan fingerprint density at radius 1 is 0.737 bits per heavy atom. The third-order valence-electron chi connectivity index (χ3n) is 4.82. The minimum Gasteiger partial charge on any atom is -0.455 e. The van der Waals surface area contributed by atoms with Gasteiger partial charge in [-0.15, -0.1) is 0 Å². The van der Waals surface area contributed by atoms with E-state index in [2.05, 4.69) is 52.9 Å². The number of rotatable bonds is 8. The largest absolute Gasteiger partial charge is 0.455 e. The summed E-state index contributed by atoms with van der Waals surface area (Å²) < 4.78 is 12.5. The molecule has 192 valence electrons. The molecule has 0 aliphatic carbocycles. The van der Waals surface area contributed by atoms with Crippen molar-refractivity contribution in [1.82, 2.24) is 10.9 Å². The van der Waals surface area contributed by atoms with Crippen LogP contribution in [0.5, 0.6) is 0 Å². The molecule has 0 aliphatic heterocycles. The number of amides is 2. The molecule has 0 atom stereocenters.